The van der Waals surface area contributed by atoms with Crippen LogP contribution in [-0.4, -0.2) is 24.8 Å². The van der Waals surface area contributed by atoms with E-state index in [1.807, 2.05) is 12.1 Å². The first-order valence-electron chi connectivity index (χ1n) is 6.77. The van der Waals surface area contributed by atoms with E-state index in [1.165, 1.54) is 6.07 Å². The van der Waals surface area contributed by atoms with Gasteiger partial charge in [0.15, 0.2) is 0 Å². The van der Waals surface area contributed by atoms with Crippen molar-refractivity contribution in [3.8, 4) is 0 Å². The molecule has 1 aromatic carbocycles. The Balaban J connectivity index is 1.77. The van der Waals surface area contributed by atoms with Gasteiger partial charge in [-0.25, -0.2) is 4.39 Å². The van der Waals surface area contributed by atoms with Crippen LogP contribution in [0.15, 0.2) is 24.3 Å². The molecule has 100 valence electrons. The summed E-state index contributed by atoms with van der Waals surface area (Å²) in [5, 5.41) is 3.51. The van der Waals surface area contributed by atoms with Crippen LogP contribution in [0.5, 0.6) is 0 Å². The molecule has 2 rings (SSSR count). The molecule has 0 radical (unpaired) electrons. The van der Waals surface area contributed by atoms with E-state index in [4.69, 9.17) is 4.74 Å². The standard InChI is InChI=1S/C15H22FNO/c1-11-9-14(10-12(2)18-11)17-8-7-13-5-3-4-6-15(13)16/h3-6,11-12,14,17H,7-10H2,1-2H3. The summed E-state index contributed by atoms with van der Waals surface area (Å²) in [7, 11) is 0. The lowest BCUT2D eigenvalue weighted by Crippen LogP contribution is -2.42. The molecule has 0 amide bonds. The number of ether oxygens (including phenoxy) is 1. The number of hydrogen-bond acceptors (Lipinski definition) is 2. The quantitative estimate of drug-likeness (QED) is 0.888. The molecule has 0 spiro atoms. The highest BCUT2D eigenvalue weighted by atomic mass is 19.1. The van der Waals surface area contributed by atoms with Crippen LogP contribution in [-0.2, 0) is 11.2 Å². The highest BCUT2D eigenvalue weighted by molar-refractivity contribution is 5.17. The third-order valence-corrected chi connectivity index (χ3v) is 3.48. The second-order valence-corrected chi connectivity index (χ2v) is 5.22. The predicted octanol–water partition coefficient (Wildman–Crippen LogP) is 2.91. The van der Waals surface area contributed by atoms with Crippen molar-refractivity contribution in [2.75, 3.05) is 6.54 Å². The SMILES string of the molecule is CC1CC(NCCc2ccccc2F)CC(C)O1. The van der Waals surface area contributed by atoms with Gasteiger partial charge in [0.25, 0.3) is 0 Å². The van der Waals surface area contributed by atoms with Gasteiger partial charge in [-0.2, -0.15) is 0 Å². The summed E-state index contributed by atoms with van der Waals surface area (Å²) in [6.07, 6.45) is 3.47. The number of rotatable bonds is 4. The summed E-state index contributed by atoms with van der Waals surface area (Å²) in [4.78, 5) is 0. The molecule has 2 atom stereocenters. The summed E-state index contributed by atoms with van der Waals surface area (Å²) in [6, 6.07) is 7.49. The van der Waals surface area contributed by atoms with Crippen molar-refractivity contribution in [3.63, 3.8) is 0 Å². The van der Waals surface area contributed by atoms with E-state index in [9.17, 15) is 4.39 Å². The van der Waals surface area contributed by atoms with Crippen molar-refractivity contribution >= 4 is 0 Å². The minimum absolute atomic E-state index is 0.104. The second kappa shape index (κ2) is 6.30. The molecular formula is C15H22FNO. The zero-order valence-corrected chi connectivity index (χ0v) is 11.2. The molecule has 1 aromatic rings. The molecule has 2 nitrogen and oxygen atoms in total. The van der Waals surface area contributed by atoms with Crippen LogP contribution in [0.4, 0.5) is 4.39 Å². The maximum atomic E-state index is 13.4. The van der Waals surface area contributed by atoms with Crippen LogP contribution in [0, 0.1) is 5.82 Å². The second-order valence-electron chi connectivity index (χ2n) is 5.22. The zero-order valence-electron chi connectivity index (χ0n) is 11.2. The molecule has 0 aromatic heterocycles. The minimum Gasteiger partial charge on any atom is -0.375 e. The van der Waals surface area contributed by atoms with Crippen molar-refractivity contribution in [2.45, 2.75) is 51.4 Å². The van der Waals surface area contributed by atoms with Crippen LogP contribution in [0.1, 0.15) is 32.3 Å². The van der Waals surface area contributed by atoms with Crippen LogP contribution >= 0.6 is 0 Å². The molecule has 0 bridgehead atoms. The summed E-state index contributed by atoms with van der Waals surface area (Å²) < 4.78 is 19.1. The highest BCUT2D eigenvalue weighted by Crippen LogP contribution is 2.19. The molecule has 2 unspecified atom stereocenters. The van der Waals surface area contributed by atoms with Crippen molar-refractivity contribution in [2.24, 2.45) is 0 Å². The van der Waals surface area contributed by atoms with Gasteiger partial charge in [-0.1, -0.05) is 18.2 Å². The van der Waals surface area contributed by atoms with Crippen molar-refractivity contribution < 1.29 is 9.13 Å². The van der Waals surface area contributed by atoms with E-state index < -0.39 is 0 Å². The summed E-state index contributed by atoms with van der Waals surface area (Å²) in [5.74, 6) is -0.104. The highest BCUT2D eigenvalue weighted by Gasteiger charge is 2.23. The molecular weight excluding hydrogens is 229 g/mol. The van der Waals surface area contributed by atoms with Gasteiger partial charge in [0.1, 0.15) is 5.82 Å². The molecule has 3 heteroatoms. The van der Waals surface area contributed by atoms with Crippen molar-refractivity contribution in [3.05, 3.63) is 35.6 Å². The Morgan fingerprint density at radius 2 is 1.89 bits per heavy atom. The van der Waals surface area contributed by atoms with Crippen LogP contribution in [0.25, 0.3) is 0 Å². The Morgan fingerprint density at radius 3 is 2.56 bits per heavy atom. The Kier molecular flexibility index (Phi) is 4.72. The lowest BCUT2D eigenvalue weighted by Gasteiger charge is -2.32. The number of halogens is 1. The monoisotopic (exact) mass is 251 g/mol. The Bertz CT molecular complexity index is 373. The van der Waals surface area contributed by atoms with Gasteiger partial charge in [-0.3, -0.25) is 0 Å². The molecule has 1 aliphatic rings. The van der Waals surface area contributed by atoms with E-state index in [-0.39, 0.29) is 5.82 Å². The van der Waals surface area contributed by atoms with E-state index in [0.717, 1.165) is 31.4 Å². The van der Waals surface area contributed by atoms with E-state index >= 15 is 0 Å². The summed E-state index contributed by atoms with van der Waals surface area (Å²) >= 11 is 0. The largest absolute Gasteiger partial charge is 0.375 e. The topological polar surface area (TPSA) is 21.3 Å². The molecule has 0 aliphatic carbocycles. The van der Waals surface area contributed by atoms with Crippen molar-refractivity contribution in [1.82, 2.24) is 5.32 Å². The van der Waals surface area contributed by atoms with Crippen molar-refractivity contribution in [1.29, 1.82) is 0 Å². The van der Waals surface area contributed by atoms with Gasteiger partial charge in [0, 0.05) is 6.04 Å². The molecule has 1 heterocycles. The average molecular weight is 251 g/mol. The van der Waals surface area contributed by atoms with E-state index in [0.29, 0.717) is 18.2 Å². The van der Waals surface area contributed by atoms with Crippen LogP contribution < -0.4 is 5.32 Å². The van der Waals surface area contributed by atoms with Gasteiger partial charge in [-0.15, -0.1) is 0 Å². The van der Waals surface area contributed by atoms with E-state index in [1.54, 1.807) is 6.07 Å². The maximum Gasteiger partial charge on any atom is 0.126 e. The molecule has 1 aliphatic heterocycles. The van der Waals surface area contributed by atoms with Gasteiger partial charge >= 0.3 is 0 Å². The molecule has 0 saturated carbocycles. The average Bonchev–Trinajstić information content (AvgIpc) is 2.30. The number of hydrogen-bond donors (Lipinski definition) is 1. The number of nitrogens with one attached hydrogen (secondary N) is 1. The first-order chi connectivity index (χ1) is 8.65. The van der Waals surface area contributed by atoms with E-state index in [2.05, 4.69) is 19.2 Å². The first-order valence-corrected chi connectivity index (χ1v) is 6.77. The fraction of sp³-hybridized carbons (Fsp3) is 0.600. The van der Waals surface area contributed by atoms with Crippen LogP contribution in [0.3, 0.4) is 0 Å². The maximum absolute atomic E-state index is 13.4. The molecule has 18 heavy (non-hydrogen) atoms. The summed E-state index contributed by atoms with van der Waals surface area (Å²) in [5.41, 5.74) is 0.790. The number of benzene rings is 1. The van der Waals surface area contributed by atoms with Gasteiger partial charge in [0.2, 0.25) is 0 Å². The Labute approximate surface area is 109 Å². The van der Waals surface area contributed by atoms with Gasteiger partial charge in [0.05, 0.1) is 12.2 Å². The smallest absolute Gasteiger partial charge is 0.126 e. The third kappa shape index (κ3) is 3.79. The molecule has 1 N–H and O–H groups in total. The van der Waals surface area contributed by atoms with Crippen LogP contribution in [0.2, 0.25) is 0 Å². The fourth-order valence-corrected chi connectivity index (χ4v) is 2.68. The molecule has 1 saturated heterocycles. The Hall–Kier alpha value is -0.930. The lowest BCUT2D eigenvalue weighted by atomic mass is 9.99. The Morgan fingerprint density at radius 1 is 1.22 bits per heavy atom. The predicted molar refractivity (Wildman–Crippen MR) is 71.1 cm³/mol. The zero-order chi connectivity index (χ0) is 13.0. The van der Waals surface area contributed by atoms with Gasteiger partial charge < -0.3 is 10.1 Å². The normalized spacial score (nSPS) is 28.3. The minimum atomic E-state index is -0.104. The lowest BCUT2D eigenvalue weighted by molar-refractivity contribution is -0.0419. The summed E-state index contributed by atoms with van der Waals surface area (Å²) in [6.45, 7) is 5.05. The first kappa shape index (κ1) is 13.5. The fourth-order valence-electron chi connectivity index (χ4n) is 2.68. The third-order valence-electron chi connectivity index (χ3n) is 3.48. The van der Waals surface area contributed by atoms with Gasteiger partial charge in [-0.05, 0) is 51.3 Å². The molecule has 1 fully saturated rings.